The second kappa shape index (κ2) is 13.0. The van der Waals surface area contributed by atoms with Crippen LogP contribution in [0.2, 0.25) is 0 Å². The van der Waals surface area contributed by atoms with Gasteiger partial charge in [0.15, 0.2) is 0 Å². The van der Waals surface area contributed by atoms with E-state index in [4.69, 9.17) is 0 Å². The van der Waals surface area contributed by atoms with E-state index in [2.05, 4.69) is 4.72 Å². The third-order valence-electron chi connectivity index (χ3n) is 8.94. The monoisotopic (exact) mass is 703 g/mol. The van der Waals surface area contributed by atoms with Crippen molar-refractivity contribution in [2.24, 2.45) is 11.8 Å². The minimum Gasteiger partial charge on any atom is -0.477 e. The average molecular weight is 704 g/mol. The lowest BCUT2D eigenvalue weighted by Crippen LogP contribution is -2.39. The normalized spacial score (nSPS) is 18.6. The van der Waals surface area contributed by atoms with Crippen molar-refractivity contribution < 1.29 is 39.9 Å². The maximum atomic E-state index is 16.0. The first-order valence-electron chi connectivity index (χ1n) is 15.4. The number of hydrogen-bond acceptors (Lipinski definition) is 6. The molecule has 0 amide bonds. The Labute approximate surface area is 274 Å². The van der Waals surface area contributed by atoms with Gasteiger partial charge in [-0.15, -0.1) is 0 Å². The number of halogens is 3. The largest absolute Gasteiger partial charge is 0.477 e. The van der Waals surface area contributed by atoms with Crippen LogP contribution in [0.1, 0.15) is 54.9 Å². The number of benzene rings is 3. The zero-order valence-corrected chi connectivity index (χ0v) is 27.1. The highest BCUT2D eigenvalue weighted by Crippen LogP contribution is 2.40. The van der Waals surface area contributed by atoms with Crippen LogP contribution in [0.15, 0.2) is 81.4 Å². The first kappa shape index (κ1) is 33.7. The van der Waals surface area contributed by atoms with E-state index < -0.39 is 54.5 Å². The van der Waals surface area contributed by atoms with Crippen molar-refractivity contribution in [3.05, 3.63) is 100 Å². The number of nitrogens with zero attached hydrogens (tertiary/aromatic N) is 2. The summed E-state index contributed by atoms with van der Waals surface area (Å²) >= 11 is 0. The Kier molecular flexibility index (Phi) is 9.13. The van der Waals surface area contributed by atoms with E-state index in [1.165, 1.54) is 12.3 Å². The number of aromatic carboxylic acids is 1. The van der Waals surface area contributed by atoms with Crippen LogP contribution in [0.25, 0.3) is 10.9 Å². The van der Waals surface area contributed by atoms with E-state index in [9.17, 15) is 40.3 Å². The van der Waals surface area contributed by atoms with Crippen molar-refractivity contribution >= 4 is 42.6 Å². The lowest BCUT2D eigenvalue weighted by atomic mass is 9.81. The zero-order chi connectivity index (χ0) is 34.4. The molecule has 2 fully saturated rings. The van der Waals surface area contributed by atoms with Crippen molar-refractivity contribution in [2.45, 2.75) is 54.4 Å². The first-order chi connectivity index (χ1) is 22.7. The van der Waals surface area contributed by atoms with Crippen molar-refractivity contribution in [3.8, 4) is 0 Å². The highest BCUT2D eigenvalue weighted by atomic mass is 32.2. The molecule has 2 aliphatic rings. The number of carboxylic acid groups (broad SMARTS) is 1. The van der Waals surface area contributed by atoms with Crippen LogP contribution in [-0.4, -0.2) is 45.6 Å². The molecule has 6 rings (SSSR count). The van der Waals surface area contributed by atoms with Gasteiger partial charge in [-0.1, -0.05) is 6.42 Å². The molecule has 2 unspecified atom stereocenters. The van der Waals surface area contributed by atoms with Crippen LogP contribution in [-0.2, 0) is 20.0 Å². The second-order valence-electron chi connectivity index (χ2n) is 12.3. The molecule has 0 spiro atoms. The molecule has 1 aromatic heterocycles. The number of pyridine rings is 1. The van der Waals surface area contributed by atoms with Crippen LogP contribution in [0.5, 0.6) is 0 Å². The molecule has 48 heavy (non-hydrogen) atoms. The summed E-state index contributed by atoms with van der Waals surface area (Å²) in [6, 6.07) is 10.5. The highest BCUT2D eigenvalue weighted by Gasteiger charge is 2.34. The van der Waals surface area contributed by atoms with Crippen molar-refractivity contribution in [3.63, 3.8) is 0 Å². The van der Waals surface area contributed by atoms with Crippen molar-refractivity contribution in [1.29, 1.82) is 0 Å². The molecule has 2 saturated carbocycles. The summed E-state index contributed by atoms with van der Waals surface area (Å²) < 4.78 is 102. The van der Waals surface area contributed by atoms with Crippen molar-refractivity contribution in [1.82, 2.24) is 9.29 Å². The molecular formula is C33H32F3N3O7S2. The summed E-state index contributed by atoms with van der Waals surface area (Å²) in [5, 5.41) is 9.40. The average Bonchev–Trinajstić information content (AvgIpc) is 3.89. The summed E-state index contributed by atoms with van der Waals surface area (Å²) in [6.07, 6.45) is 4.82. The number of carboxylic acids is 1. The Balaban J connectivity index is 1.35. The van der Waals surface area contributed by atoms with Crippen LogP contribution < -0.4 is 14.5 Å². The zero-order valence-electron chi connectivity index (χ0n) is 25.5. The summed E-state index contributed by atoms with van der Waals surface area (Å²) in [4.78, 5) is 24.5. The molecule has 0 bridgehead atoms. The molecule has 3 aromatic carbocycles. The van der Waals surface area contributed by atoms with E-state index in [0.717, 1.165) is 58.9 Å². The molecule has 10 nitrogen and oxygen atoms in total. The Morgan fingerprint density at radius 3 is 2.08 bits per heavy atom. The number of rotatable bonds is 11. The molecule has 0 saturated heterocycles. The Hall–Kier alpha value is -4.21. The van der Waals surface area contributed by atoms with Crippen LogP contribution in [0.3, 0.4) is 0 Å². The lowest BCUT2D eigenvalue weighted by molar-refractivity contribution is 0.0694. The van der Waals surface area contributed by atoms with Gasteiger partial charge in [-0.2, -0.15) is 0 Å². The van der Waals surface area contributed by atoms with E-state index in [-0.39, 0.29) is 57.3 Å². The highest BCUT2D eigenvalue weighted by molar-refractivity contribution is 7.92. The number of fused-ring (bicyclic) bond motifs is 1. The summed E-state index contributed by atoms with van der Waals surface area (Å²) in [6.45, 7) is -0.158. The Morgan fingerprint density at radius 2 is 1.48 bits per heavy atom. The van der Waals surface area contributed by atoms with Crippen molar-refractivity contribution in [2.75, 3.05) is 17.4 Å². The number of nitrogens with one attached hydrogen (secondary N) is 1. The molecule has 0 aliphatic heterocycles. The SMILES string of the molecule is O=C(O)c1cn(C2CC2)c2cc(N(CC3CCCC(CNS(=O)(=O)c4ccc(F)cc4)C3)S(=O)(=O)c3ccc(F)cc3)c(F)cc2c1=O. The number of sulfonamides is 2. The van der Waals surface area contributed by atoms with Crippen LogP contribution in [0.4, 0.5) is 18.9 Å². The Morgan fingerprint density at radius 1 is 0.875 bits per heavy atom. The second-order valence-corrected chi connectivity index (χ2v) is 16.0. The first-order valence-corrected chi connectivity index (χ1v) is 18.3. The maximum absolute atomic E-state index is 16.0. The van der Waals surface area contributed by atoms with Gasteiger partial charge in [0.25, 0.3) is 10.0 Å². The van der Waals surface area contributed by atoms with Gasteiger partial charge in [0.05, 0.1) is 21.0 Å². The van der Waals surface area contributed by atoms with Crippen LogP contribution in [0, 0.1) is 29.3 Å². The van der Waals surface area contributed by atoms with Gasteiger partial charge in [0.1, 0.15) is 23.0 Å². The van der Waals surface area contributed by atoms with Crippen LogP contribution >= 0.6 is 0 Å². The standard InChI is InChI=1S/C33H32F3N3O7S2/c34-22-4-10-25(11-5-22)47(43,44)37-17-20-2-1-3-21(14-20)18-39(48(45,46)26-12-6-23(35)7-13-26)31-16-30-27(15-29(31)36)32(40)28(33(41)42)19-38(30)24-8-9-24/h4-7,10-13,15-16,19-21,24,37H,1-3,8-9,14,17-18H2,(H,41,42). The molecule has 2 N–H and O–H groups in total. The predicted molar refractivity (Wildman–Crippen MR) is 171 cm³/mol. The summed E-state index contributed by atoms with van der Waals surface area (Å²) in [5.74, 6) is -4.30. The third-order valence-corrected chi connectivity index (χ3v) is 12.2. The topological polar surface area (TPSA) is 143 Å². The molecule has 1 heterocycles. The molecular weight excluding hydrogens is 672 g/mol. The third kappa shape index (κ3) is 6.84. The number of carbonyl (C=O) groups is 1. The Bertz CT molecular complexity index is 2150. The number of anilines is 1. The van der Waals surface area contributed by atoms with Gasteiger partial charge in [-0.25, -0.2) is 39.5 Å². The van der Waals surface area contributed by atoms with Gasteiger partial charge >= 0.3 is 5.97 Å². The molecule has 2 aliphatic carbocycles. The van der Waals surface area contributed by atoms with Gasteiger partial charge in [-0.05, 0) is 105 Å². The van der Waals surface area contributed by atoms with E-state index in [1.54, 1.807) is 4.57 Å². The molecule has 0 radical (unpaired) electrons. The minimum atomic E-state index is -4.50. The van der Waals surface area contributed by atoms with Gasteiger partial charge in [-0.3, -0.25) is 9.10 Å². The summed E-state index contributed by atoms with van der Waals surface area (Å²) in [5.41, 5.74) is -1.60. The predicted octanol–water partition coefficient (Wildman–Crippen LogP) is 5.43. The van der Waals surface area contributed by atoms with E-state index >= 15 is 4.39 Å². The summed E-state index contributed by atoms with van der Waals surface area (Å²) in [7, 11) is -8.44. The molecule has 4 aromatic rings. The molecule has 2 atom stereocenters. The fourth-order valence-corrected chi connectivity index (χ4v) is 8.99. The number of aromatic nitrogens is 1. The lowest BCUT2D eigenvalue weighted by Gasteiger charge is -2.34. The van der Waals surface area contributed by atoms with E-state index in [1.807, 2.05) is 0 Å². The van der Waals surface area contributed by atoms with E-state index in [0.29, 0.717) is 38.5 Å². The van der Waals surface area contributed by atoms with Gasteiger partial charge < -0.3 is 9.67 Å². The smallest absolute Gasteiger partial charge is 0.341 e. The molecule has 15 heteroatoms. The number of hydrogen-bond donors (Lipinski definition) is 2. The quantitative estimate of drug-likeness (QED) is 0.212. The fourth-order valence-electron chi connectivity index (χ4n) is 6.33. The van der Waals surface area contributed by atoms with Gasteiger partial charge in [0, 0.05) is 30.7 Å². The minimum absolute atomic E-state index is 0.0465. The van der Waals surface area contributed by atoms with Gasteiger partial charge in [0.2, 0.25) is 15.5 Å². The molecule has 254 valence electrons. The maximum Gasteiger partial charge on any atom is 0.341 e. The fraction of sp³-hybridized carbons (Fsp3) is 0.333.